The molecular formula is C13H15BrN2O4. The zero-order valence-corrected chi connectivity index (χ0v) is 12.5. The molecule has 1 fully saturated rings. The van der Waals surface area contributed by atoms with Crippen LogP contribution in [0.3, 0.4) is 0 Å². The van der Waals surface area contributed by atoms with Gasteiger partial charge in [-0.15, -0.1) is 0 Å². The molecule has 1 saturated heterocycles. The number of anilines is 1. The number of rotatable bonds is 2. The zero-order chi connectivity index (χ0) is 14.7. The van der Waals surface area contributed by atoms with Crippen LogP contribution in [0.15, 0.2) is 22.7 Å². The van der Waals surface area contributed by atoms with Gasteiger partial charge in [-0.3, -0.25) is 0 Å². The number of carbonyl (C=O) groups is 2. The number of halogens is 1. The van der Waals surface area contributed by atoms with Crippen LogP contribution in [-0.4, -0.2) is 47.8 Å². The lowest BCUT2D eigenvalue weighted by molar-refractivity contribution is -0.154. The summed E-state index contributed by atoms with van der Waals surface area (Å²) in [5.74, 6) is -1.06. The van der Waals surface area contributed by atoms with Crippen molar-refractivity contribution in [2.24, 2.45) is 0 Å². The number of hydrogen-bond acceptors (Lipinski definition) is 3. The Hall–Kier alpha value is -1.60. The van der Waals surface area contributed by atoms with Crippen LogP contribution in [-0.2, 0) is 9.53 Å². The molecular weight excluding hydrogens is 328 g/mol. The van der Waals surface area contributed by atoms with Gasteiger partial charge in [-0.25, -0.2) is 9.59 Å². The van der Waals surface area contributed by atoms with E-state index in [1.54, 1.807) is 6.07 Å². The molecule has 0 aliphatic carbocycles. The van der Waals surface area contributed by atoms with E-state index >= 15 is 0 Å². The van der Waals surface area contributed by atoms with Crippen LogP contribution in [0.5, 0.6) is 0 Å². The van der Waals surface area contributed by atoms with Crippen molar-refractivity contribution < 1.29 is 19.4 Å². The third kappa shape index (κ3) is 3.49. The summed E-state index contributed by atoms with van der Waals surface area (Å²) in [5.41, 5.74) is 1.73. The fourth-order valence-electron chi connectivity index (χ4n) is 1.90. The number of nitrogens with one attached hydrogen (secondary N) is 1. The number of aryl methyl sites for hydroxylation is 1. The second-order valence-electron chi connectivity index (χ2n) is 4.56. The van der Waals surface area contributed by atoms with Crippen molar-refractivity contribution in [3.05, 3.63) is 28.2 Å². The molecule has 6 nitrogen and oxygen atoms in total. The predicted molar refractivity (Wildman–Crippen MR) is 76.8 cm³/mol. The fraction of sp³-hybridized carbons (Fsp3) is 0.385. The molecule has 0 saturated carbocycles. The lowest BCUT2D eigenvalue weighted by Crippen LogP contribution is -2.49. The summed E-state index contributed by atoms with van der Waals surface area (Å²) < 4.78 is 5.86. The number of ether oxygens (including phenoxy) is 1. The number of carboxylic acid groups (broad SMARTS) is 1. The van der Waals surface area contributed by atoms with Crippen molar-refractivity contribution >= 4 is 33.6 Å². The topological polar surface area (TPSA) is 78.9 Å². The van der Waals surface area contributed by atoms with Gasteiger partial charge in [0.1, 0.15) is 0 Å². The largest absolute Gasteiger partial charge is 0.479 e. The number of benzene rings is 1. The molecule has 1 atom stereocenters. The molecule has 1 aliphatic heterocycles. The van der Waals surface area contributed by atoms with Gasteiger partial charge in [0.05, 0.1) is 18.8 Å². The minimum atomic E-state index is -1.06. The van der Waals surface area contributed by atoms with Crippen LogP contribution in [0, 0.1) is 6.92 Å². The minimum absolute atomic E-state index is 0.0463. The molecule has 2 N–H and O–H groups in total. The average Bonchev–Trinajstić information content (AvgIpc) is 2.42. The highest BCUT2D eigenvalue weighted by Crippen LogP contribution is 2.23. The highest BCUT2D eigenvalue weighted by molar-refractivity contribution is 9.10. The van der Waals surface area contributed by atoms with E-state index < -0.39 is 12.1 Å². The van der Waals surface area contributed by atoms with E-state index in [0.717, 1.165) is 10.0 Å². The van der Waals surface area contributed by atoms with Crippen LogP contribution in [0.2, 0.25) is 0 Å². The van der Waals surface area contributed by atoms with Gasteiger partial charge >= 0.3 is 12.0 Å². The molecule has 2 amide bonds. The van der Waals surface area contributed by atoms with Gasteiger partial charge in [0.2, 0.25) is 0 Å². The number of amides is 2. The minimum Gasteiger partial charge on any atom is -0.479 e. The third-order valence-corrected chi connectivity index (χ3v) is 3.65. The summed E-state index contributed by atoms with van der Waals surface area (Å²) in [4.78, 5) is 24.4. The molecule has 0 bridgehead atoms. The van der Waals surface area contributed by atoms with Crippen molar-refractivity contribution in [2.75, 3.05) is 25.0 Å². The Morgan fingerprint density at radius 3 is 2.90 bits per heavy atom. The summed E-state index contributed by atoms with van der Waals surface area (Å²) in [5, 5.41) is 11.7. The van der Waals surface area contributed by atoms with Crippen molar-refractivity contribution in [1.29, 1.82) is 0 Å². The highest BCUT2D eigenvalue weighted by Gasteiger charge is 2.29. The number of hydrogen-bond donors (Lipinski definition) is 2. The maximum absolute atomic E-state index is 12.1. The smallest absolute Gasteiger partial charge is 0.334 e. The summed E-state index contributed by atoms with van der Waals surface area (Å²) in [7, 11) is 0. The molecule has 20 heavy (non-hydrogen) atoms. The number of urea groups is 1. The van der Waals surface area contributed by atoms with Gasteiger partial charge in [0.25, 0.3) is 0 Å². The summed E-state index contributed by atoms with van der Waals surface area (Å²) >= 11 is 3.38. The SMILES string of the molecule is Cc1ccc(NC(=O)N2CCOC(C(=O)O)C2)c(Br)c1. The van der Waals surface area contributed by atoms with Crippen LogP contribution in [0.1, 0.15) is 5.56 Å². The van der Waals surface area contributed by atoms with E-state index in [-0.39, 0.29) is 19.2 Å². The molecule has 108 valence electrons. The fourth-order valence-corrected chi connectivity index (χ4v) is 2.49. The van der Waals surface area contributed by atoms with Gasteiger partial charge < -0.3 is 20.1 Å². The third-order valence-electron chi connectivity index (χ3n) is 3.00. The first-order valence-electron chi connectivity index (χ1n) is 6.14. The summed E-state index contributed by atoms with van der Waals surface area (Å²) in [6.45, 7) is 2.60. The molecule has 1 aliphatic rings. The molecule has 0 spiro atoms. The van der Waals surface area contributed by atoms with Gasteiger partial charge in [-0.1, -0.05) is 6.07 Å². The second kappa shape index (κ2) is 6.23. The Balaban J connectivity index is 2.02. The predicted octanol–water partition coefficient (Wildman–Crippen LogP) is 2.07. The van der Waals surface area contributed by atoms with Gasteiger partial charge in [-0.2, -0.15) is 0 Å². The summed E-state index contributed by atoms with van der Waals surface area (Å²) in [6.07, 6.45) is -0.962. The highest BCUT2D eigenvalue weighted by atomic mass is 79.9. The lowest BCUT2D eigenvalue weighted by Gasteiger charge is -2.31. The number of aliphatic carboxylic acids is 1. The monoisotopic (exact) mass is 342 g/mol. The first kappa shape index (κ1) is 14.8. The molecule has 1 unspecified atom stereocenters. The van der Waals surface area contributed by atoms with Gasteiger partial charge in [-0.05, 0) is 40.5 Å². The normalized spacial score (nSPS) is 18.7. The molecule has 0 aromatic heterocycles. The van der Waals surface area contributed by atoms with Crippen molar-refractivity contribution in [3.63, 3.8) is 0 Å². The average molecular weight is 343 g/mol. The van der Waals surface area contributed by atoms with Crippen LogP contribution >= 0.6 is 15.9 Å². The molecule has 1 aromatic carbocycles. The quantitative estimate of drug-likeness (QED) is 0.862. The molecule has 0 radical (unpaired) electrons. The van der Waals surface area contributed by atoms with E-state index in [4.69, 9.17) is 9.84 Å². The maximum Gasteiger partial charge on any atom is 0.334 e. The first-order chi connectivity index (χ1) is 9.47. The van der Waals surface area contributed by atoms with E-state index in [1.165, 1.54) is 4.90 Å². The number of nitrogens with zero attached hydrogens (tertiary/aromatic N) is 1. The number of morpholine rings is 1. The Morgan fingerprint density at radius 1 is 1.50 bits per heavy atom. The molecule has 1 heterocycles. The standard InChI is InChI=1S/C13H15BrN2O4/c1-8-2-3-10(9(14)6-8)15-13(19)16-4-5-20-11(7-16)12(17)18/h2-3,6,11H,4-5,7H2,1H3,(H,15,19)(H,17,18). The van der Waals surface area contributed by atoms with Crippen LogP contribution in [0.4, 0.5) is 10.5 Å². The Labute approximate surface area is 124 Å². The number of carboxylic acids is 1. The first-order valence-corrected chi connectivity index (χ1v) is 6.93. The van der Waals surface area contributed by atoms with E-state index in [0.29, 0.717) is 12.2 Å². The van der Waals surface area contributed by atoms with E-state index in [1.807, 2.05) is 19.1 Å². The molecule has 7 heteroatoms. The van der Waals surface area contributed by atoms with Crippen LogP contribution < -0.4 is 5.32 Å². The van der Waals surface area contributed by atoms with Gasteiger partial charge in [0.15, 0.2) is 6.10 Å². The molecule has 1 aromatic rings. The zero-order valence-electron chi connectivity index (χ0n) is 10.9. The Bertz CT molecular complexity index is 535. The van der Waals surface area contributed by atoms with Crippen molar-refractivity contribution in [2.45, 2.75) is 13.0 Å². The van der Waals surface area contributed by atoms with Crippen LogP contribution in [0.25, 0.3) is 0 Å². The number of carbonyl (C=O) groups excluding carboxylic acids is 1. The summed E-state index contributed by atoms with van der Waals surface area (Å²) in [6, 6.07) is 5.25. The second-order valence-corrected chi connectivity index (χ2v) is 5.41. The molecule has 2 rings (SSSR count). The van der Waals surface area contributed by atoms with Gasteiger partial charge in [0, 0.05) is 11.0 Å². The maximum atomic E-state index is 12.1. The van der Waals surface area contributed by atoms with E-state index in [9.17, 15) is 9.59 Å². The van der Waals surface area contributed by atoms with Crippen molar-refractivity contribution in [1.82, 2.24) is 4.90 Å². The van der Waals surface area contributed by atoms with E-state index in [2.05, 4.69) is 21.2 Å². The van der Waals surface area contributed by atoms with Crippen molar-refractivity contribution in [3.8, 4) is 0 Å². The Kier molecular flexibility index (Phi) is 4.61. The lowest BCUT2D eigenvalue weighted by atomic mass is 10.2. The Morgan fingerprint density at radius 2 is 2.25 bits per heavy atom.